The van der Waals surface area contributed by atoms with E-state index in [1.807, 2.05) is 13.8 Å². The molecule has 0 aliphatic heterocycles. The van der Waals surface area contributed by atoms with Crippen LogP contribution in [0.1, 0.15) is 13.8 Å². The largest absolute Gasteiger partial charge is 0.521 e. The summed E-state index contributed by atoms with van der Waals surface area (Å²) in [7, 11) is 0. The molecule has 0 spiro atoms. The average molecular weight is 138 g/mol. The second-order valence-electron chi connectivity index (χ2n) is 1.21. The van der Waals surface area contributed by atoms with Crippen molar-refractivity contribution in [3.63, 3.8) is 0 Å². The van der Waals surface area contributed by atoms with Crippen LogP contribution in [-0.2, 0) is 17.1 Å². The molecule has 43 valence electrons. The topological polar surface area (TPSA) is 0 Å². The quantitative estimate of drug-likeness (QED) is 0.273. The fraction of sp³-hybridized carbons (Fsp3) is 0.333. The van der Waals surface area contributed by atoms with Crippen molar-refractivity contribution in [3.8, 4) is 0 Å². The summed E-state index contributed by atoms with van der Waals surface area (Å²) in [4.78, 5) is 0. The van der Waals surface area contributed by atoms with E-state index in [1.165, 1.54) is 5.57 Å². The van der Waals surface area contributed by atoms with Crippen LogP contribution in [0.4, 0.5) is 0 Å². The van der Waals surface area contributed by atoms with Crippen LogP contribution in [0.25, 0.3) is 0 Å². The first-order valence-electron chi connectivity index (χ1n) is 1.76. The van der Waals surface area contributed by atoms with E-state index in [9.17, 15) is 0 Å². The van der Waals surface area contributed by atoms with Crippen LogP contribution in [0.5, 0.6) is 0 Å². The van der Waals surface area contributed by atoms with E-state index in [4.69, 9.17) is 0 Å². The molecule has 0 saturated heterocycles. The van der Waals surface area contributed by atoms with Gasteiger partial charge in [0.2, 0.25) is 0 Å². The molecule has 0 saturated carbocycles. The molecule has 0 bridgehead atoms. The van der Waals surface area contributed by atoms with Crippen LogP contribution >= 0.6 is 0 Å². The summed E-state index contributed by atoms with van der Waals surface area (Å²) in [6, 6.07) is 0. The normalized spacial score (nSPS) is 4.29. The number of allylic oxidation sites excluding steroid dienone is 1. The monoisotopic (exact) mass is 138 g/mol. The molecule has 7 heavy (non-hydrogen) atoms. The van der Waals surface area contributed by atoms with Crippen molar-refractivity contribution in [2.24, 2.45) is 0 Å². The van der Waals surface area contributed by atoms with Gasteiger partial charge in [-0.1, -0.05) is 5.57 Å². The molecule has 0 unspecified atom stereocenters. The molecule has 0 N–H and O–H groups in total. The minimum Gasteiger partial charge on any atom is -0.521 e. The smallest absolute Gasteiger partial charge is 0 e. The van der Waals surface area contributed by atoms with Gasteiger partial charge < -0.3 is 6.58 Å². The predicted octanol–water partition coefficient (Wildman–Crippen LogP) is 2.19. The Hall–Kier alpha value is -0.000519. The third-order valence-corrected chi connectivity index (χ3v) is 0. The van der Waals surface area contributed by atoms with Crippen molar-refractivity contribution in [1.29, 1.82) is 0 Å². The van der Waals surface area contributed by atoms with Gasteiger partial charge in [-0.25, -0.2) is 0 Å². The summed E-state index contributed by atoms with van der Waals surface area (Å²) >= 11 is 0. The molecule has 1 radical (unpaired) electrons. The summed E-state index contributed by atoms with van der Waals surface area (Å²) in [5, 5.41) is 0. The van der Waals surface area contributed by atoms with Crippen LogP contribution in [0, 0.1) is 6.58 Å². The average Bonchev–Trinajstić information content (AvgIpc) is 1.41. The van der Waals surface area contributed by atoms with Gasteiger partial charge in [0.15, 0.2) is 0 Å². The third-order valence-electron chi connectivity index (χ3n) is 0. The maximum Gasteiger partial charge on any atom is 0 e. The summed E-state index contributed by atoms with van der Waals surface area (Å²) in [5.74, 6) is 0. The van der Waals surface area contributed by atoms with E-state index in [1.54, 1.807) is 0 Å². The van der Waals surface area contributed by atoms with Crippen molar-refractivity contribution < 1.29 is 17.1 Å². The van der Waals surface area contributed by atoms with Crippen LogP contribution in [0.2, 0.25) is 0 Å². The van der Waals surface area contributed by atoms with Crippen molar-refractivity contribution >= 4 is 0 Å². The summed E-state index contributed by atoms with van der Waals surface area (Å²) in [6.07, 6.45) is 0. The van der Waals surface area contributed by atoms with Crippen molar-refractivity contribution in [2.75, 3.05) is 0 Å². The van der Waals surface area contributed by atoms with Crippen molar-refractivity contribution in [1.82, 2.24) is 0 Å². The Balaban J connectivity index is -0.0000000480. The first-order chi connectivity index (χ1) is 2.73. The van der Waals surface area contributed by atoms with Gasteiger partial charge in [-0.15, -0.1) is 6.58 Å². The summed E-state index contributed by atoms with van der Waals surface area (Å²) in [6.45, 7) is 14.5. The van der Waals surface area contributed by atoms with Crippen LogP contribution in [-0.4, -0.2) is 0 Å². The number of hydrogen-bond acceptors (Lipinski definition) is 0. The van der Waals surface area contributed by atoms with Crippen LogP contribution in [0.15, 0.2) is 18.7 Å². The van der Waals surface area contributed by atoms with Gasteiger partial charge in [0, 0.05) is 17.1 Å². The zero-order valence-electron chi connectivity index (χ0n) is 4.87. The first kappa shape index (κ1) is 15.8. The molecule has 0 rings (SSSR count). The van der Waals surface area contributed by atoms with E-state index in [0.29, 0.717) is 0 Å². The van der Waals surface area contributed by atoms with Crippen LogP contribution in [0.3, 0.4) is 0 Å². The molecule has 0 aliphatic rings. The van der Waals surface area contributed by atoms with Gasteiger partial charge in [0.05, 0.1) is 0 Å². The Morgan fingerprint density at radius 2 is 1.29 bits per heavy atom. The van der Waals surface area contributed by atoms with Gasteiger partial charge in [0.1, 0.15) is 0 Å². The zero-order valence-corrected chi connectivity index (χ0v) is 6.05. The molecule has 0 nitrogen and oxygen atoms in total. The van der Waals surface area contributed by atoms with Gasteiger partial charge in [-0.05, 0) is 13.8 Å². The molecule has 1 heteroatoms. The van der Waals surface area contributed by atoms with Gasteiger partial charge in [-0.2, -0.15) is 0 Å². The molecule has 0 aromatic carbocycles. The van der Waals surface area contributed by atoms with E-state index in [0.717, 1.165) is 0 Å². The number of hydrogen-bond donors (Lipinski definition) is 0. The molecule has 0 aromatic rings. The fourth-order valence-electron chi connectivity index (χ4n) is 0. The molecule has 0 aromatic heterocycles. The second kappa shape index (κ2) is 16.7. The molecule has 0 fully saturated rings. The van der Waals surface area contributed by atoms with E-state index in [-0.39, 0.29) is 17.1 Å². The molecular weight excluding hydrogens is 127 g/mol. The minimum absolute atomic E-state index is 0. The van der Waals surface area contributed by atoms with Gasteiger partial charge >= 0.3 is 0 Å². The first-order valence-corrected chi connectivity index (χ1v) is 1.76. The molecule has 0 atom stereocenters. The third kappa shape index (κ3) is 356000000. The Morgan fingerprint density at radius 1 is 1.29 bits per heavy atom. The minimum atomic E-state index is 0. The van der Waals surface area contributed by atoms with Crippen molar-refractivity contribution in [3.05, 3.63) is 25.3 Å². The molecule has 0 aliphatic carbocycles. The maximum atomic E-state index is 4.25. The summed E-state index contributed by atoms with van der Waals surface area (Å²) < 4.78 is 0. The molecular formula is C6H11Mn-. The van der Waals surface area contributed by atoms with Gasteiger partial charge in [0.25, 0.3) is 0 Å². The second-order valence-corrected chi connectivity index (χ2v) is 1.21. The van der Waals surface area contributed by atoms with E-state index < -0.39 is 0 Å². The van der Waals surface area contributed by atoms with Crippen LogP contribution < -0.4 is 0 Å². The Morgan fingerprint density at radius 3 is 1.29 bits per heavy atom. The Kier molecular flexibility index (Phi) is 37.5. The van der Waals surface area contributed by atoms with E-state index >= 15 is 0 Å². The van der Waals surface area contributed by atoms with Gasteiger partial charge in [-0.3, -0.25) is 6.58 Å². The number of rotatable bonds is 0. The Labute approximate surface area is 56.8 Å². The molecule has 0 heterocycles. The fourth-order valence-corrected chi connectivity index (χ4v) is 0. The van der Waals surface area contributed by atoms with E-state index in [2.05, 4.69) is 19.7 Å². The summed E-state index contributed by atoms with van der Waals surface area (Å²) in [5.41, 5.74) is 1.17. The van der Waals surface area contributed by atoms with Crippen molar-refractivity contribution in [2.45, 2.75) is 13.8 Å². The molecule has 0 amide bonds. The Bertz CT molecular complexity index is 35.4. The standard InChI is InChI=1S/C4H8.C2H3.Mn/c1-4(2)3;1-2;/h1H2,2-3H3;1H,2H2;/q;-1;. The predicted molar refractivity (Wildman–Crippen MR) is 30.4 cm³/mol. The maximum absolute atomic E-state index is 4.25. The zero-order chi connectivity index (χ0) is 5.58. The SMILES string of the molecule is C=C(C)C.[CH-]=C.[Mn].